The number of allylic oxidation sites excluding steroid dienone is 2. The third kappa shape index (κ3) is 26.1. The molecule has 242 valence electrons. The number of hydrogen-bond acceptors (Lipinski definition) is 9. The molecule has 0 rings (SSSR count). The highest BCUT2D eigenvalue weighted by atomic mass is 31.2. The SMILES string of the molecule is CCCCCCCCC/C=C\CCCCCCCC(=O)OC(CO)COP(=O)(O)OCC(CO)OC(=O)CCCC. The van der Waals surface area contributed by atoms with E-state index in [0.29, 0.717) is 12.8 Å². The summed E-state index contributed by atoms with van der Waals surface area (Å²) < 4.78 is 31.8. The number of rotatable bonds is 29. The van der Waals surface area contributed by atoms with Crippen LogP contribution in [0.2, 0.25) is 0 Å². The molecule has 3 N–H and O–H groups in total. The standard InChI is InChI=1S/C30H57O10P/c1-3-5-7-8-9-10-11-12-13-14-15-16-17-18-19-20-22-30(34)40-28(24-32)26-38-41(35,36)37-25-27(23-31)39-29(33)21-6-4-2/h13-14,27-28,31-32H,3-12,15-26H2,1-2H3,(H,35,36)/b14-13-. The summed E-state index contributed by atoms with van der Waals surface area (Å²) in [7, 11) is -4.60. The molecule has 0 aromatic carbocycles. The fraction of sp³-hybridized carbons (Fsp3) is 0.867. The van der Waals surface area contributed by atoms with Crippen LogP contribution in [0.4, 0.5) is 0 Å². The predicted octanol–water partition coefficient (Wildman–Crippen LogP) is 6.55. The van der Waals surface area contributed by atoms with Crippen molar-refractivity contribution in [3.05, 3.63) is 12.2 Å². The van der Waals surface area contributed by atoms with Crippen LogP contribution < -0.4 is 0 Å². The van der Waals surface area contributed by atoms with E-state index in [0.717, 1.165) is 38.5 Å². The molecule has 0 radical (unpaired) electrons. The first kappa shape index (κ1) is 39.7. The quantitative estimate of drug-likeness (QED) is 0.0369. The van der Waals surface area contributed by atoms with Gasteiger partial charge in [0.15, 0.2) is 0 Å². The highest BCUT2D eigenvalue weighted by Gasteiger charge is 2.27. The summed E-state index contributed by atoms with van der Waals surface area (Å²) in [6.07, 6.45) is 20.5. The predicted molar refractivity (Wildman–Crippen MR) is 159 cm³/mol. The summed E-state index contributed by atoms with van der Waals surface area (Å²) in [5, 5.41) is 18.7. The summed E-state index contributed by atoms with van der Waals surface area (Å²) in [6.45, 7) is 1.86. The topological polar surface area (TPSA) is 149 Å². The third-order valence-corrected chi connectivity index (χ3v) is 7.43. The number of carbonyl (C=O) groups is 2. The largest absolute Gasteiger partial charge is 0.472 e. The normalized spacial score (nSPS) is 14.6. The molecule has 0 heterocycles. The van der Waals surface area contributed by atoms with Gasteiger partial charge in [-0.1, -0.05) is 90.2 Å². The van der Waals surface area contributed by atoms with Crippen LogP contribution in [-0.2, 0) is 32.7 Å². The number of aliphatic hydroxyl groups is 2. The zero-order valence-corrected chi connectivity index (χ0v) is 26.4. The molecule has 0 aromatic heterocycles. The first-order valence-electron chi connectivity index (χ1n) is 15.6. The van der Waals surface area contributed by atoms with Crippen molar-refractivity contribution in [3.8, 4) is 0 Å². The van der Waals surface area contributed by atoms with Crippen molar-refractivity contribution in [2.24, 2.45) is 0 Å². The Morgan fingerprint density at radius 1 is 0.634 bits per heavy atom. The lowest BCUT2D eigenvalue weighted by Crippen LogP contribution is -2.28. The number of aliphatic hydroxyl groups excluding tert-OH is 2. The minimum atomic E-state index is -4.60. The van der Waals surface area contributed by atoms with Crippen LogP contribution in [-0.4, -0.2) is 65.7 Å². The smallest absolute Gasteiger partial charge is 0.457 e. The minimum Gasteiger partial charge on any atom is -0.457 e. The van der Waals surface area contributed by atoms with E-state index in [1.165, 1.54) is 51.4 Å². The van der Waals surface area contributed by atoms with E-state index in [-0.39, 0.29) is 12.8 Å². The fourth-order valence-electron chi connectivity index (χ4n) is 3.97. The monoisotopic (exact) mass is 608 g/mol. The fourth-order valence-corrected chi connectivity index (χ4v) is 4.75. The van der Waals surface area contributed by atoms with Crippen LogP contribution in [0.3, 0.4) is 0 Å². The number of hydrogen-bond donors (Lipinski definition) is 3. The first-order valence-corrected chi connectivity index (χ1v) is 17.1. The number of unbranched alkanes of at least 4 members (excludes halogenated alkanes) is 13. The van der Waals surface area contributed by atoms with Gasteiger partial charge in [0.1, 0.15) is 12.2 Å². The zero-order valence-electron chi connectivity index (χ0n) is 25.5. The Morgan fingerprint density at radius 3 is 1.46 bits per heavy atom. The van der Waals surface area contributed by atoms with Crippen LogP contribution in [0.5, 0.6) is 0 Å². The van der Waals surface area contributed by atoms with Gasteiger partial charge in [-0.15, -0.1) is 0 Å². The highest BCUT2D eigenvalue weighted by molar-refractivity contribution is 7.47. The van der Waals surface area contributed by atoms with E-state index in [4.69, 9.17) is 18.5 Å². The molecule has 0 fully saturated rings. The lowest BCUT2D eigenvalue weighted by atomic mass is 10.1. The van der Waals surface area contributed by atoms with Crippen LogP contribution >= 0.6 is 7.82 Å². The molecule has 0 saturated heterocycles. The van der Waals surface area contributed by atoms with Crippen LogP contribution in [0.15, 0.2) is 12.2 Å². The van der Waals surface area contributed by atoms with Crippen molar-refractivity contribution in [1.82, 2.24) is 0 Å². The number of phosphoric ester groups is 1. The number of ether oxygens (including phenoxy) is 2. The van der Waals surface area contributed by atoms with E-state index in [1.54, 1.807) is 0 Å². The number of esters is 2. The van der Waals surface area contributed by atoms with Gasteiger partial charge >= 0.3 is 19.8 Å². The lowest BCUT2D eigenvalue weighted by Gasteiger charge is -2.20. The molecule has 0 bridgehead atoms. The van der Waals surface area contributed by atoms with Crippen molar-refractivity contribution in [1.29, 1.82) is 0 Å². The van der Waals surface area contributed by atoms with E-state index in [2.05, 4.69) is 19.1 Å². The first-order chi connectivity index (χ1) is 19.8. The second kappa shape index (κ2) is 27.5. The van der Waals surface area contributed by atoms with Crippen molar-refractivity contribution in [2.45, 2.75) is 142 Å². The Labute approximate surface area is 247 Å². The number of phosphoric acid groups is 1. The molecule has 0 amide bonds. The van der Waals surface area contributed by atoms with Gasteiger partial charge in [-0.25, -0.2) is 4.57 Å². The minimum absolute atomic E-state index is 0.168. The third-order valence-electron chi connectivity index (χ3n) is 6.48. The Bertz CT molecular complexity index is 715. The van der Waals surface area contributed by atoms with Crippen LogP contribution in [0.1, 0.15) is 129 Å². The van der Waals surface area contributed by atoms with Gasteiger partial charge in [0.25, 0.3) is 0 Å². The van der Waals surface area contributed by atoms with Gasteiger partial charge in [0.2, 0.25) is 0 Å². The maximum absolute atomic E-state index is 12.1. The van der Waals surface area contributed by atoms with Crippen molar-refractivity contribution < 1.29 is 47.8 Å². The molecule has 41 heavy (non-hydrogen) atoms. The number of carbonyl (C=O) groups excluding carboxylic acids is 2. The summed E-state index contributed by atoms with van der Waals surface area (Å²) in [5.74, 6) is -1.06. The molecular weight excluding hydrogens is 551 g/mol. The summed E-state index contributed by atoms with van der Waals surface area (Å²) in [6, 6.07) is 0. The average molecular weight is 609 g/mol. The second-order valence-corrected chi connectivity index (χ2v) is 11.9. The van der Waals surface area contributed by atoms with E-state index in [9.17, 15) is 29.3 Å². The summed E-state index contributed by atoms with van der Waals surface area (Å²) in [4.78, 5) is 33.6. The zero-order chi connectivity index (χ0) is 30.6. The van der Waals surface area contributed by atoms with E-state index >= 15 is 0 Å². The van der Waals surface area contributed by atoms with Gasteiger partial charge in [-0.05, 0) is 38.5 Å². The molecule has 0 spiro atoms. The summed E-state index contributed by atoms with van der Waals surface area (Å²) >= 11 is 0. The van der Waals surface area contributed by atoms with E-state index in [1.807, 2.05) is 6.92 Å². The van der Waals surface area contributed by atoms with Gasteiger partial charge in [-0.3, -0.25) is 18.6 Å². The van der Waals surface area contributed by atoms with Gasteiger partial charge in [-0.2, -0.15) is 0 Å². The molecule has 0 aliphatic carbocycles. The van der Waals surface area contributed by atoms with Crippen LogP contribution in [0.25, 0.3) is 0 Å². The molecule has 3 atom stereocenters. The maximum Gasteiger partial charge on any atom is 0.472 e. The molecular formula is C30H57O10P. The Morgan fingerprint density at radius 2 is 1.02 bits per heavy atom. The molecule has 0 aliphatic rings. The maximum atomic E-state index is 12.1. The molecule has 11 heteroatoms. The average Bonchev–Trinajstić information content (AvgIpc) is 2.96. The molecule has 10 nitrogen and oxygen atoms in total. The second-order valence-electron chi connectivity index (χ2n) is 10.4. The highest BCUT2D eigenvalue weighted by Crippen LogP contribution is 2.43. The van der Waals surface area contributed by atoms with Crippen molar-refractivity contribution in [3.63, 3.8) is 0 Å². The van der Waals surface area contributed by atoms with Crippen molar-refractivity contribution >= 4 is 19.8 Å². The van der Waals surface area contributed by atoms with Crippen molar-refractivity contribution in [2.75, 3.05) is 26.4 Å². The Kier molecular flexibility index (Phi) is 26.7. The van der Waals surface area contributed by atoms with Crippen LogP contribution in [0, 0.1) is 0 Å². The summed E-state index contributed by atoms with van der Waals surface area (Å²) in [5.41, 5.74) is 0. The van der Waals surface area contributed by atoms with Gasteiger partial charge < -0.3 is 24.6 Å². The van der Waals surface area contributed by atoms with E-state index < -0.39 is 58.4 Å². The molecule has 0 aromatic rings. The Hall–Kier alpha value is -1.29. The molecule has 0 saturated carbocycles. The lowest BCUT2D eigenvalue weighted by molar-refractivity contribution is -0.153. The molecule has 0 aliphatic heterocycles. The van der Waals surface area contributed by atoms with Gasteiger partial charge in [0, 0.05) is 12.8 Å². The Balaban J connectivity index is 3.92. The molecule has 3 unspecified atom stereocenters. The van der Waals surface area contributed by atoms with Gasteiger partial charge in [0.05, 0.1) is 26.4 Å².